The highest BCUT2D eigenvalue weighted by Crippen LogP contribution is 2.26. The number of piperidine rings is 1. The number of rotatable bonds is 3. The summed E-state index contributed by atoms with van der Waals surface area (Å²) in [7, 11) is 2.16. The van der Waals surface area contributed by atoms with Crippen molar-refractivity contribution in [2.45, 2.75) is 39.3 Å². The van der Waals surface area contributed by atoms with Gasteiger partial charge in [0, 0.05) is 24.3 Å². The second kappa shape index (κ2) is 5.83. The molecule has 20 heavy (non-hydrogen) atoms. The Kier molecular flexibility index (Phi) is 4.33. The molecule has 1 aromatic rings. The van der Waals surface area contributed by atoms with E-state index in [4.69, 9.17) is 5.11 Å². The molecule has 1 heterocycles. The number of carboxylic acid groups (broad SMARTS) is 1. The molecule has 110 valence electrons. The zero-order chi connectivity index (χ0) is 14.9. The third-order valence-corrected chi connectivity index (χ3v) is 4.44. The molecule has 2 rings (SSSR count). The van der Waals surface area contributed by atoms with E-state index >= 15 is 0 Å². The van der Waals surface area contributed by atoms with Crippen LogP contribution in [-0.2, 0) is 0 Å². The molecule has 3 atom stereocenters. The van der Waals surface area contributed by atoms with Crippen molar-refractivity contribution in [3.05, 3.63) is 29.3 Å². The van der Waals surface area contributed by atoms with Crippen molar-refractivity contribution in [1.82, 2.24) is 4.90 Å². The van der Waals surface area contributed by atoms with E-state index in [0.29, 0.717) is 23.6 Å². The Hall–Kier alpha value is -1.55. The van der Waals surface area contributed by atoms with E-state index in [9.17, 15) is 4.79 Å². The Labute approximate surface area is 120 Å². The minimum atomic E-state index is -0.877. The standard InChI is InChI=1S/C16H24N2O2/c1-10-5-6-13(16(19)20)8-15(10)17-14-7-12(3)18(4)9-11(14)2/h5-6,8,11-12,14,17H,7,9H2,1-4H3,(H,19,20). The van der Waals surface area contributed by atoms with Crippen molar-refractivity contribution >= 4 is 11.7 Å². The average Bonchev–Trinajstić information content (AvgIpc) is 2.38. The molecule has 0 spiro atoms. The van der Waals surface area contributed by atoms with Crippen molar-refractivity contribution in [3.63, 3.8) is 0 Å². The molecule has 1 fully saturated rings. The number of nitrogens with one attached hydrogen (secondary N) is 1. The van der Waals surface area contributed by atoms with Gasteiger partial charge in [-0.15, -0.1) is 0 Å². The molecule has 4 heteroatoms. The number of carbonyl (C=O) groups is 1. The van der Waals surface area contributed by atoms with Crippen molar-refractivity contribution in [1.29, 1.82) is 0 Å². The minimum Gasteiger partial charge on any atom is -0.478 e. The van der Waals surface area contributed by atoms with Crippen LogP contribution in [0, 0.1) is 12.8 Å². The number of nitrogens with zero attached hydrogens (tertiary/aromatic N) is 1. The second-order valence-corrected chi connectivity index (χ2v) is 6.09. The zero-order valence-electron chi connectivity index (χ0n) is 12.7. The van der Waals surface area contributed by atoms with Crippen molar-refractivity contribution in [2.24, 2.45) is 5.92 Å². The number of aryl methyl sites for hydroxylation is 1. The topological polar surface area (TPSA) is 52.6 Å². The van der Waals surface area contributed by atoms with Gasteiger partial charge in [-0.3, -0.25) is 0 Å². The largest absolute Gasteiger partial charge is 0.478 e. The van der Waals surface area contributed by atoms with E-state index in [0.717, 1.165) is 24.2 Å². The number of likely N-dealkylation sites (tertiary alicyclic amines) is 1. The number of hydrogen-bond acceptors (Lipinski definition) is 3. The molecule has 2 N–H and O–H groups in total. The third-order valence-electron chi connectivity index (χ3n) is 4.44. The smallest absolute Gasteiger partial charge is 0.335 e. The average molecular weight is 276 g/mol. The summed E-state index contributed by atoms with van der Waals surface area (Å²) in [6.07, 6.45) is 1.08. The normalized spacial score (nSPS) is 27.3. The fraction of sp³-hybridized carbons (Fsp3) is 0.562. The van der Waals surface area contributed by atoms with Crippen molar-refractivity contribution in [3.8, 4) is 0 Å². The van der Waals surface area contributed by atoms with Gasteiger partial charge in [0.1, 0.15) is 0 Å². The molecular formula is C16H24N2O2. The first kappa shape index (κ1) is 14.9. The molecule has 1 saturated heterocycles. The van der Waals surface area contributed by atoms with Gasteiger partial charge < -0.3 is 15.3 Å². The molecule has 0 aromatic heterocycles. The maximum Gasteiger partial charge on any atom is 0.335 e. The van der Waals surface area contributed by atoms with Crippen LogP contribution in [0.2, 0.25) is 0 Å². The highest BCUT2D eigenvalue weighted by Gasteiger charge is 2.29. The highest BCUT2D eigenvalue weighted by molar-refractivity contribution is 5.89. The van der Waals surface area contributed by atoms with Gasteiger partial charge in [0.2, 0.25) is 0 Å². The van der Waals surface area contributed by atoms with Gasteiger partial charge in [-0.1, -0.05) is 13.0 Å². The molecule has 0 radical (unpaired) electrons. The number of aromatic carboxylic acids is 1. The monoisotopic (exact) mass is 276 g/mol. The molecule has 1 aliphatic rings. The lowest BCUT2D eigenvalue weighted by molar-refractivity contribution is 0.0697. The maximum absolute atomic E-state index is 11.1. The summed E-state index contributed by atoms with van der Waals surface area (Å²) >= 11 is 0. The predicted octanol–water partition coefficient (Wildman–Crippen LogP) is 2.83. The van der Waals surface area contributed by atoms with Gasteiger partial charge in [-0.2, -0.15) is 0 Å². The number of hydrogen-bond donors (Lipinski definition) is 2. The van der Waals surface area contributed by atoms with Crippen LogP contribution in [0.4, 0.5) is 5.69 Å². The van der Waals surface area contributed by atoms with Gasteiger partial charge >= 0.3 is 5.97 Å². The van der Waals surface area contributed by atoms with E-state index in [1.54, 1.807) is 12.1 Å². The molecule has 1 aromatic carbocycles. The van der Waals surface area contributed by atoms with Crippen LogP contribution in [0.5, 0.6) is 0 Å². The van der Waals surface area contributed by atoms with Gasteiger partial charge in [-0.25, -0.2) is 4.79 Å². The summed E-state index contributed by atoms with van der Waals surface area (Å²) in [5.41, 5.74) is 2.37. The van der Waals surface area contributed by atoms with Crippen LogP contribution < -0.4 is 5.32 Å². The predicted molar refractivity (Wildman–Crippen MR) is 81.4 cm³/mol. The first-order chi connectivity index (χ1) is 9.38. The summed E-state index contributed by atoms with van der Waals surface area (Å²) in [4.78, 5) is 13.5. The summed E-state index contributed by atoms with van der Waals surface area (Å²) in [5.74, 6) is -0.332. The SMILES string of the molecule is Cc1ccc(C(=O)O)cc1NC1CC(C)N(C)CC1C. The zero-order valence-corrected chi connectivity index (χ0v) is 12.7. The Bertz CT molecular complexity index is 501. The summed E-state index contributed by atoms with van der Waals surface area (Å²) in [5, 5.41) is 12.7. The number of benzene rings is 1. The lowest BCUT2D eigenvalue weighted by Gasteiger charge is -2.40. The first-order valence-corrected chi connectivity index (χ1v) is 7.19. The van der Waals surface area contributed by atoms with Gasteiger partial charge in [0.25, 0.3) is 0 Å². The molecule has 4 nitrogen and oxygen atoms in total. The Morgan fingerprint density at radius 3 is 2.75 bits per heavy atom. The quantitative estimate of drug-likeness (QED) is 0.891. The Balaban J connectivity index is 2.17. The molecule has 0 bridgehead atoms. The molecule has 0 amide bonds. The minimum absolute atomic E-state index is 0.340. The fourth-order valence-corrected chi connectivity index (χ4v) is 2.85. The lowest BCUT2D eigenvalue weighted by Crippen LogP contribution is -2.48. The molecule has 1 aliphatic heterocycles. The van der Waals surface area contributed by atoms with Crippen LogP contribution in [0.15, 0.2) is 18.2 Å². The highest BCUT2D eigenvalue weighted by atomic mass is 16.4. The second-order valence-electron chi connectivity index (χ2n) is 6.09. The third kappa shape index (κ3) is 3.12. The fourth-order valence-electron chi connectivity index (χ4n) is 2.85. The Morgan fingerprint density at radius 1 is 1.40 bits per heavy atom. The summed E-state index contributed by atoms with van der Waals surface area (Å²) in [6, 6.07) is 6.21. The van der Waals surface area contributed by atoms with E-state index in [2.05, 4.69) is 31.1 Å². The van der Waals surface area contributed by atoms with Crippen LogP contribution in [0.1, 0.15) is 36.2 Å². The van der Waals surface area contributed by atoms with E-state index in [1.807, 2.05) is 13.0 Å². The van der Waals surface area contributed by atoms with Crippen molar-refractivity contribution in [2.75, 3.05) is 18.9 Å². The van der Waals surface area contributed by atoms with Gasteiger partial charge in [0.15, 0.2) is 0 Å². The van der Waals surface area contributed by atoms with E-state index < -0.39 is 5.97 Å². The van der Waals surface area contributed by atoms with Crippen LogP contribution in [0.3, 0.4) is 0 Å². The van der Waals surface area contributed by atoms with Gasteiger partial charge in [0.05, 0.1) is 5.56 Å². The molecule has 0 aliphatic carbocycles. The van der Waals surface area contributed by atoms with Crippen LogP contribution in [0.25, 0.3) is 0 Å². The summed E-state index contributed by atoms with van der Waals surface area (Å²) in [6.45, 7) is 7.56. The first-order valence-electron chi connectivity index (χ1n) is 7.19. The maximum atomic E-state index is 11.1. The molecule has 0 saturated carbocycles. The van der Waals surface area contributed by atoms with Gasteiger partial charge in [-0.05, 0) is 50.9 Å². The van der Waals surface area contributed by atoms with E-state index in [1.165, 1.54) is 0 Å². The lowest BCUT2D eigenvalue weighted by atomic mass is 9.89. The van der Waals surface area contributed by atoms with Crippen LogP contribution in [-0.4, -0.2) is 41.7 Å². The number of anilines is 1. The molecular weight excluding hydrogens is 252 g/mol. The van der Waals surface area contributed by atoms with E-state index in [-0.39, 0.29) is 0 Å². The summed E-state index contributed by atoms with van der Waals surface area (Å²) < 4.78 is 0. The van der Waals surface area contributed by atoms with Crippen molar-refractivity contribution < 1.29 is 9.90 Å². The Morgan fingerprint density at radius 2 is 2.10 bits per heavy atom. The van der Waals surface area contributed by atoms with Crippen LogP contribution >= 0.6 is 0 Å². The molecule has 3 unspecified atom stereocenters. The number of carboxylic acids is 1.